The number of hydrogen-bond acceptors (Lipinski definition) is 4. The summed E-state index contributed by atoms with van der Waals surface area (Å²) in [7, 11) is 0. The van der Waals surface area contributed by atoms with E-state index in [2.05, 4.69) is 10.2 Å². The molecule has 2 aromatic rings. The number of nitrogens with zero attached hydrogens (tertiary/aromatic N) is 2. The number of nitrogens with one attached hydrogen (secondary N) is 1. The SMILES string of the molecule is O=C(CCN1CCN(C(=O)c2cccs2)CC1)Nc1ccccc1F. The molecule has 0 bridgehead atoms. The Morgan fingerprint density at radius 2 is 1.84 bits per heavy atom. The van der Waals surface area contributed by atoms with Gasteiger partial charge in [-0.1, -0.05) is 18.2 Å². The first-order chi connectivity index (χ1) is 12.1. The van der Waals surface area contributed by atoms with E-state index in [1.807, 2.05) is 22.4 Å². The number of amides is 2. The molecule has 0 spiro atoms. The van der Waals surface area contributed by atoms with Gasteiger partial charge >= 0.3 is 0 Å². The van der Waals surface area contributed by atoms with Crippen LogP contribution in [0.4, 0.5) is 10.1 Å². The topological polar surface area (TPSA) is 52.7 Å². The summed E-state index contributed by atoms with van der Waals surface area (Å²) in [6, 6.07) is 9.85. The van der Waals surface area contributed by atoms with Gasteiger partial charge in [-0.3, -0.25) is 14.5 Å². The summed E-state index contributed by atoms with van der Waals surface area (Å²) >= 11 is 1.45. The van der Waals surface area contributed by atoms with Crippen molar-refractivity contribution in [2.45, 2.75) is 6.42 Å². The highest BCUT2D eigenvalue weighted by Gasteiger charge is 2.22. The van der Waals surface area contributed by atoms with Gasteiger partial charge in [0.05, 0.1) is 10.6 Å². The number of anilines is 1. The van der Waals surface area contributed by atoms with E-state index in [1.54, 1.807) is 18.2 Å². The summed E-state index contributed by atoms with van der Waals surface area (Å²) < 4.78 is 13.5. The summed E-state index contributed by atoms with van der Waals surface area (Å²) in [4.78, 5) is 29.0. The molecule has 0 atom stereocenters. The molecule has 0 aliphatic carbocycles. The number of hydrogen-bond donors (Lipinski definition) is 1. The smallest absolute Gasteiger partial charge is 0.264 e. The average molecular weight is 361 g/mol. The number of carbonyl (C=O) groups is 2. The molecule has 0 radical (unpaired) electrons. The van der Waals surface area contributed by atoms with Crippen molar-refractivity contribution in [1.29, 1.82) is 0 Å². The normalized spacial score (nSPS) is 15.2. The number of carbonyl (C=O) groups excluding carboxylic acids is 2. The number of piperazine rings is 1. The molecule has 1 aliphatic heterocycles. The predicted molar refractivity (Wildman–Crippen MR) is 96.3 cm³/mol. The van der Waals surface area contributed by atoms with Gasteiger partial charge in [-0.05, 0) is 23.6 Å². The van der Waals surface area contributed by atoms with Crippen LogP contribution in [-0.2, 0) is 4.79 Å². The number of rotatable bonds is 5. The number of benzene rings is 1. The lowest BCUT2D eigenvalue weighted by molar-refractivity contribution is -0.116. The van der Waals surface area contributed by atoms with E-state index in [1.165, 1.54) is 17.4 Å². The molecule has 0 saturated carbocycles. The van der Waals surface area contributed by atoms with Crippen LogP contribution < -0.4 is 5.32 Å². The number of thiophene rings is 1. The molecule has 7 heteroatoms. The van der Waals surface area contributed by atoms with Crippen LogP contribution in [0.15, 0.2) is 41.8 Å². The molecule has 3 rings (SSSR count). The highest BCUT2D eigenvalue weighted by molar-refractivity contribution is 7.12. The van der Waals surface area contributed by atoms with Crippen LogP contribution in [0.2, 0.25) is 0 Å². The minimum absolute atomic E-state index is 0.0759. The second kappa shape index (κ2) is 8.22. The van der Waals surface area contributed by atoms with E-state index in [9.17, 15) is 14.0 Å². The monoisotopic (exact) mass is 361 g/mol. The molecule has 0 unspecified atom stereocenters. The molecule has 1 aromatic carbocycles. The van der Waals surface area contributed by atoms with Gasteiger partial charge in [0.1, 0.15) is 5.82 Å². The van der Waals surface area contributed by atoms with Gasteiger partial charge in [-0.2, -0.15) is 0 Å². The quantitative estimate of drug-likeness (QED) is 0.891. The Hall–Kier alpha value is -2.25. The Balaban J connectivity index is 1.41. The zero-order valence-electron chi connectivity index (χ0n) is 13.8. The molecule has 1 aromatic heterocycles. The summed E-state index contributed by atoms with van der Waals surface area (Å²) in [6.07, 6.45) is 0.299. The third-order valence-electron chi connectivity index (χ3n) is 4.19. The fraction of sp³-hybridized carbons (Fsp3) is 0.333. The van der Waals surface area contributed by atoms with Gasteiger partial charge in [0, 0.05) is 39.1 Å². The van der Waals surface area contributed by atoms with Crippen LogP contribution >= 0.6 is 11.3 Å². The van der Waals surface area contributed by atoms with Gasteiger partial charge in [-0.15, -0.1) is 11.3 Å². The highest BCUT2D eigenvalue weighted by Crippen LogP contribution is 2.15. The zero-order valence-corrected chi connectivity index (χ0v) is 14.6. The van der Waals surface area contributed by atoms with Crippen molar-refractivity contribution in [1.82, 2.24) is 9.80 Å². The van der Waals surface area contributed by atoms with Crippen LogP contribution in [-0.4, -0.2) is 54.3 Å². The van der Waals surface area contributed by atoms with Gasteiger partial charge in [-0.25, -0.2) is 4.39 Å². The van der Waals surface area contributed by atoms with Crippen molar-refractivity contribution < 1.29 is 14.0 Å². The summed E-state index contributed by atoms with van der Waals surface area (Å²) in [6.45, 7) is 3.40. The second-order valence-electron chi connectivity index (χ2n) is 5.89. The Bertz CT molecular complexity index is 728. The van der Waals surface area contributed by atoms with Crippen molar-refractivity contribution >= 4 is 28.8 Å². The van der Waals surface area contributed by atoms with Gasteiger partial charge in [0.25, 0.3) is 5.91 Å². The van der Waals surface area contributed by atoms with Crippen LogP contribution in [0.3, 0.4) is 0 Å². The Labute approximate surface area is 150 Å². The fourth-order valence-electron chi connectivity index (χ4n) is 2.77. The molecule has 25 heavy (non-hydrogen) atoms. The third kappa shape index (κ3) is 4.64. The fourth-order valence-corrected chi connectivity index (χ4v) is 3.46. The van der Waals surface area contributed by atoms with E-state index in [0.717, 1.165) is 18.0 Å². The maximum atomic E-state index is 13.5. The maximum absolute atomic E-state index is 13.5. The lowest BCUT2D eigenvalue weighted by Gasteiger charge is -2.34. The van der Waals surface area contributed by atoms with Crippen molar-refractivity contribution in [2.75, 3.05) is 38.0 Å². The van der Waals surface area contributed by atoms with Gasteiger partial charge in [0.2, 0.25) is 5.91 Å². The molecule has 2 heterocycles. The van der Waals surface area contributed by atoms with Crippen LogP contribution in [0.1, 0.15) is 16.1 Å². The number of para-hydroxylation sites is 1. The minimum atomic E-state index is -0.434. The first kappa shape index (κ1) is 17.6. The van der Waals surface area contributed by atoms with Crippen LogP contribution in [0.25, 0.3) is 0 Å². The first-order valence-corrected chi connectivity index (χ1v) is 9.11. The molecule has 5 nitrogen and oxygen atoms in total. The highest BCUT2D eigenvalue weighted by atomic mass is 32.1. The molecule has 1 saturated heterocycles. The molecule has 132 valence electrons. The third-order valence-corrected chi connectivity index (χ3v) is 5.05. The molecule has 1 aliphatic rings. The zero-order chi connectivity index (χ0) is 17.6. The second-order valence-corrected chi connectivity index (χ2v) is 6.84. The van der Waals surface area contributed by atoms with E-state index in [-0.39, 0.29) is 17.5 Å². The van der Waals surface area contributed by atoms with Crippen molar-refractivity contribution in [3.63, 3.8) is 0 Å². The Morgan fingerprint density at radius 3 is 2.52 bits per heavy atom. The lowest BCUT2D eigenvalue weighted by atomic mass is 10.2. The van der Waals surface area contributed by atoms with Crippen molar-refractivity contribution in [2.24, 2.45) is 0 Å². The standard InChI is InChI=1S/C18H20FN3O2S/c19-14-4-1-2-5-15(14)20-17(23)7-8-21-9-11-22(12-10-21)18(24)16-6-3-13-25-16/h1-6,13H,7-12H2,(H,20,23). The lowest BCUT2D eigenvalue weighted by Crippen LogP contribution is -2.49. The van der Waals surface area contributed by atoms with Crippen LogP contribution in [0.5, 0.6) is 0 Å². The summed E-state index contributed by atoms with van der Waals surface area (Å²) in [5.41, 5.74) is 0.207. The van der Waals surface area contributed by atoms with Crippen molar-refractivity contribution in [3.8, 4) is 0 Å². The molecular formula is C18H20FN3O2S. The van der Waals surface area contributed by atoms with Gasteiger partial charge in [0.15, 0.2) is 0 Å². The first-order valence-electron chi connectivity index (χ1n) is 8.23. The summed E-state index contributed by atoms with van der Waals surface area (Å²) in [5.74, 6) is -0.564. The Morgan fingerprint density at radius 1 is 1.08 bits per heavy atom. The van der Waals surface area contributed by atoms with Crippen molar-refractivity contribution in [3.05, 3.63) is 52.5 Å². The van der Waals surface area contributed by atoms with E-state index >= 15 is 0 Å². The average Bonchev–Trinajstić information content (AvgIpc) is 3.16. The van der Waals surface area contributed by atoms with Gasteiger partial charge < -0.3 is 10.2 Å². The Kier molecular flexibility index (Phi) is 5.78. The molecular weight excluding hydrogens is 341 g/mol. The molecule has 2 amide bonds. The largest absolute Gasteiger partial charge is 0.335 e. The molecule has 1 fully saturated rings. The van der Waals surface area contributed by atoms with E-state index in [0.29, 0.717) is 26.1 Å². The predicted octanol–water partition coefficient (Wildman–Crippen LogP) is 2.67. The number of halogens is 1. The maximum Gasteiger partial charge on any atom is 0.264 e. The molecule has 1 N–H and O–H groups in total. The van der Waals surface area contributed by atoms with E-state index < -0.39 is 5.82 Å². The van der Waals surface area contributed by atoms with Crippen LogP contribution in [0, 0.1) is 5.82 Å². The van der Waals surface area contributed by atoms with E-state index in [4.69, 9.17) is 0 Å². The minimum Gasteiger partial charge on any atom is -0.335 e. The summed E-state index contributed by atoms with van der Waals surface area (Å²) in [5, 5.41) is 4.49.